The summed E-state index contributed by atoms with van der Waals surface area (Å²) in [6, 6.07) is 0. The fraction of sp³-hybridized carbons (Fsp3) is 0.286. The standard InChI is InChI=1S/C7H8O2/c8-5-6-2-1-3-7(9)4-6/h2,4-5,9H,1,3H2. The van der Waals surface area contributed by atoms with E-state index in [-0.39, 0.29) is 0 Å². The van der Waals surface area contributed by atoms with E-state index < -0.39 is 0 Å². The van der Waals surface area contributed by atoms with E-state index in [1.165, 1.54) is 6.08 Å². The van der Waals surface area contributed by atoms with Crippen molar-refractivity contribution in [3.8, 4) is 0 Å². The topological polar surface area (TPSA) is 37.3 Å². The minimum absolute atomic E-state index is 0.305. The van der Waals surface area contributed by atoms with E-state index in [2.05, 4.69) is 0 Å². The molecule has 9 heavy (non-hydrogen) atoms. The lowest BCUT2D eigenvalue weighted by molar-refractivity contribution is -0.104. The second-order valence-corrected chi connectivity index (χ2v) is 2.00. The zero-order valence-corrected chi connectivity index (χ0v) is 5.00. The lowest BCUT2D eigenvalue weighted by Crippen LogP contribution is -1.91. The first kappa shape index (κ1) is 6.08. The second-order valence-electron chi connectivity index (χ2n) is 2.00. The first-order valence-electron chi connectivity index (χ1n) is 2.88. The van der Waals surface area contributed by atoms with Gasteiger partial charge in [0.2, 0.25) is 0 Å². The molecular formula is C7H8O2. The maximum Gasteiger partial charge on any atom is 0.149 e. The van der Waals surface area contributed by atoms with Crippen LogP contribution < -0.4 is 0 Å². The minimum atomic E-state index is 0.305. The number of allylic oxidation sites excluding steroid dienone is 4. The number of carbonyl (C=O) groups excluding carboxylic acids is 1. The molecule has 0 fully saturated rings. The zero-order chi connectivity index (χ0) is 6.69. The summed E-state index contributed by atoms with van der Waals surface area (Å²) in [4.78, 5) is 10.1. The molecule has 0 radical (unpaired) electrons. The molecule has 0 saturated carbocycles. The predicted octanol–water partition coefficient (Wildman–Crippen LogP) is 1.35. The van der Waals surface area contributed by atoms with Crippen LogP contribution in [-0.4, -0.2) is 11.4 Å². The third-order valence-corrected chi connectivity index (χ3v) is 1.25. The molecule has 0 atom stereocenters. The van der Waals surface area contributed by atoms with Gasteiger partial charge in [0.15, 0.2) is 0 Å². The van der Waals surface area contributed by atoms with E-state index in [9.17, 15) is 4.79 Å². The Bertz CT molecular complexity index is 177. The monoisotopic (exact) mass is 124 g/mol. The van der Waals surface area contributed by atoms with E-state index >= 15 is 0 Å². The molecule has 1 aliphatic rings. The van der Waals surface area contributed by atoms with Crippen molar-refractivity contribution < 1.29 is 9.90 Å². The van der Waals surface area contributed by atoms with Crippen molar-refractivity contribution >= 4 is 6.29 Å². The van der Waals surface area contributed by atoms with E-state index in [0.717, 1.165) is 12.7 Å². The van der Waals surface area contributed by atoms with Crippen molar-refractivity contribution in [1.29, 1.82) is 0 Å². The first-order chi connectivity index (χ1) is 4.33. The van der Waals surface area contributed by atoms with Gasteiger partial charge in [-0.15, -0.1) is 0 Å². The van der Waals surface area contributed by atoms with Crippen LogP contribution in [0.25, 0.3) is 0 Å². The molecule has 0 saturated heterocycles. The summed E-state index contributed by atoms with van der Waals surface area (Å²) >= 11 is 0. The Morgan fingerprint density at radius 2 is 2.44 bits per heavy atom. The molecule has 0 aliphatic heterocycles. The van der Waals surface area contributed by atoms with Gasteiger partial charge in [-0.25, -0.2) is 0 Å². The Morgan fingerprint density at radius 3 is 2.89 bits per heavy atom. The summed E-state index contributed by atoms with van der Waals surface area (Å²) in [5.41, 5.74) is 0.582. The Morgan fingerprint density at radius 1 is 1.67 bits per heavy atom. The van der Waals surface area contributed by atoms with Crippen molar-refractivity contribution in [3.05, 3.63) is 23.5 Å². The van der Waals surface area contributed by atoms with Crippen LogP contribution in [0.2, 0.25) is 0 Å². The third-order valence-electron chi connectivity index (χ3n) is 1.25. The summed E-state index contributed by atoms with van der Waals surface area (Å²) in [7, 11) is 0. The van der Waals surface area contributed by atoms with Crippen molar-refractivity contribution in [1.82, 2.24) is 0 Å². The maximum absolute atomic E-state index is 10.1. The molecule has 0 spiro atoms. The van der Waals surface area contributed by atoms with Gasteiger partial charge in [0.1, 0.15) is 6.29 Å². The molecule has 0 amide bonds. The normalized spacial score (nSPS) is 18.2. The average Bonchev–Trinajstić information content (AvgIpc) is 1.88. The fourth-order valence-corrected chi connectivity index (χ4v) is 0.792. The van der Waals surface area contributed by atoms with E-state index in [1.807, 2.05) is 6.08 Å². The Labute approximate surface area is 53.5 Å². The molecule has 0 aromatic heterocycles. The van der Waals surface area contributed by atoms with Crippen LogP contribution in [0.4, 0.5) is 0 Å². The lowest BCUT2D eigenvalue weighted by atomic mass is 10.1. The highest BCUT2D eigenvalue weighted by Gasteiger charge is 2.00. The summed E-state index contributed by atoms with van der Waals surface area (Å²) < 4.78 is 0. The summed E-state index contributed by atoms with van der Waals surface area (Å²) in [6.45, 7) is 0. The maximum atomic E-state index is 10.1. The van der Waals surface area contributed by atoms with Crippen molar-refractivity contribution in [2.75, 3.05) is 0 Å². The number of rotatable bonds is 1. The van der Waals surface area contributed by atoms with Gasteiger partial charge in [-0.3, -0.25) is 4.79 Å². The molecule has 1 N–H and O–H groups in total. The van der Waals surface area contributed by atoms with Crippen LogP contribution in [0.1, 0.15) is 12.8 Å². The van der Waals surface area contributed by atoms with Crippen molar-refractivity contribution in [3.63, 3.8) is 0 Å². The van der Waals surface area contributed by atoms with Gasteiger partial charge in [-0.05, 0) is 12.5 Å². The van der Waals surface area contributed by atoms with Crippen LogP contribution in [0, 0.1) is 0 Å². The van der Waals surface area contributed by atoms with Gasteiger partial charge in [0.25, 0.3) is 0 Å². The zero-order valence-electron chi connectivity index (χ0n) is 5.00. The summed E-state index contributed by atoms with van der Waals surface area (Å²) in [5.74, 6) is 0.305. The molecule has 1 aliphatic carbocycles. The highest BCUT2D eigenvalue weighted by atomic mass is 16.3. The Hall–Kier alpha value is -1.05. The van der Waals surface area contributed by atoms with Crippen LogP contribution in [0.3, 0.4) is 0 Å². The quantitative estimate of drug-likeness (QED) is 0.535. The van der Waals surface area contributed by atoms with Gasteiger partial charge in [0.05, 0.1) is 5.76 Å². The fourth-order valence-electron chi connectivity index (χ4n) is 0.792. The van der Waals surface area contributed by atoms with Crippen molar-refractivity contribution in [2.24, 2.45) is 0 Å². The van der Waals surface area contributed by atoms with Crippen LogP contribution >= 0.6 is 0 Å². The molecule has 2 nitrogen and oxygen atoms in total. The molecule has 48 valence electrons. The molecule has 0 bridgehead atoms. The number of hydrogen-bond acceptors (Lipinski definition) is 2. The molecule has 2 heteroatoms. The van der Waals surface area contributed by atoms with E-state index in [0.29, 0.717) is 17.8 Å². The summed E-state index contributed by atoms with van der Waals surface area (Å²) in [5, 5.41) is 8.87. The molecule has 0 unspecified atom stereocenters. The van der Waals surface area contributed by atoms with Gasteiger partial charge in [-0.2, -0.15) is 0 Å². The van der Waals surface area contributed by atoms with Crippen LogP contribution in [0.15, 0.2) is 23.5 Å². The number of carbonyl (C=O) groups is 1. The first-order valence-corrected chi connectivity index (χ1v) is 2.88. The predicted molar refractivity (Wildman–Crippen MR) is 34.1 cm³/mol. The number of aliphatic hydroxyl groups excluding tert-OH is 1. The van der Waals surface area contributed by atoms with Gasteiger partial charge in [-0.1, -0.05) is 6.08 Å². The highest BCUT2D eigenvalue weighted by molar-refractivity contribution is 5.77. The smallest absolute Gasteiger partial charge is 0.149 e. The second kappa shape index (κ2) is 2.49. The number of aliphatic hydroxyl groups is 1. The minimum Gasteiger partial charge on any atom is -0.512 e. The van der Waals surface area contributed by atoms with Gasteiger partial charge < -0.3 is 5.11 Å². The highest BCUT2D eigenvalue weighted by Crippen LogP contribution is 2.12. The molecule has 0 aromatic carbocycles. The lowest BCUT2D eigenvalue weighted by Gasteiger charge is -2.02. The van der Waals surface area contributed by atoms with Crippen molar-refractivity contribution in [2.45, 2.75) is 12.8 Å². The van der Waals surface area contributed by atoms with Gasteiger partial charge >= 0.3 is 0 Å². The van der Waals surface area contributed by atoms with Gasteiger partial charge in [0, 0.05) is 12.0 Å². The Kier molecular flexibility index (Phi) is 1.68. The number of hydrogen-bond donors (Lipinski definition) is 1. The Balaban J connectivity index is 2.74. The average molecular weight is 124 g/mol. The van der Waals surface area contributed by atoms with E-state index in [4.69, 9.17) is 5.11 Å². The largest absolute Gasteiger partial charge is 0.512 e. The molecule has 1 rings (SSSR count). The molecular weight excluding hydrogens is 116 g/mol. The number of aldehydes is 1. The third kappa shape index (κ3) is 1.42. The van der Waals surface area contributed by atoms with Crippen LogP contribution in [0.5, 0.6) is 0 Å². The SMILES string of the molecule is O=CC1=CCCC(O)=C1. The van der Waals surface area contributed by atoms with Crippen LogP contribution in [-0.2, 0) is 4.79 Å². The molecule has 0 heterocycles. The van der Waals surface area contributed by atoms with E-state index in [1.54, 1.807) is 0 Å². The summed E-state index contributed by atoms with van der Waals surface area (Å²) in [6.07, 6.45) is 5.49. The molecule has 0 aromatic rings.